The second-order valence-corrected chi connectivity index (χ2v) is 6.18. The Labute approximate surface area is 125 Å². The van der Waals surface area contributed by atoms with Crippen LogP contribution in [0.3, 0.4) is 0 Å². The summed E-state index contributed by atoms with van der Waals surface area (Å²) < 4.78 is 5.62. The molecule has 0 saturated carbocycles. The number of carbonyl (C=O) groups is 1. The molecule has 0 aromatic carbocycles. The zero-order chi connectivity index (χ0) is 15.1. The SMILES string of the molecule is CCC(=O)N1N=C2[C@@H]([C@@H](C)N(C)C[C@@H]2C)[C@H]1c1ccco1. The first-order valence-electron chi connectivity index (χ1n) is 7.68. The van der Waals surface area contributed by atoms with Gasteiger partial charge in [-0.15, -0.1) is 0 Å². The van der Waals surface area contributed by atoms with Crippen molar-refractivity contribution in [2.75, 3.05) is 13.6 Å². The summed E-state index contributed by atoms with van der Waals surface area (Å²) in [5.41, 5.74) is 1.14. The summed E-state index contributed by atoms with van der Waals surface area (Å²) >= 11 is 0. The molecule has 0 unspecified atom stereocenters. The van der Waals surface area contributed by atoms with E-state index in [4.69, 9.17) is 9.52 Å². The number of amides is 1. The zero-order valence-corrected chi connectivity index (χ0v) is 13.1. The number of furan rings is 1. The van der Waals surface area contributed by atoms with Crippen molar-refractivity contribution >= 4 is 11.6 Å². The van der Waals surface area contributed by atoms with Crippen molar-refractivity contribution in [2.45, 2.75) is 39.3 Å². The number of hydrogen-bond acceptors (Lipinski definition) is 4. The number of fused-ring (bicyclic) bond motifs is 1. The van der Waals surface area contributed by atoms with Gasteiger partial charge >= 0.3 is 0 Å². The molecule has 1 aromatic heterocycles. The largest absolute Gasteiger partial charge is 0.467 e. The van der Waals surface area contributed by atoms with Crippen LogP contribution in [0.2, 0.25) is 0 Å². The standard InChI is InChI=1S/C16H23N3O2/c1-5-13(20)19-16(12-7-6-8-21-12)14-11(3)18(4)9-10(2)15(14)17-19/h6-8,10-11,14,16H,5,9H2,1-4H3/t10-,11+,14+,16+/m0/s1. The fourth-order valence-corrected chi connectivity index (χ4v) is 3.60. The Balaban J connectivity index is 2.04. The Morgan fingerprint density at radius 1 is 1.48 bits per heavy atom. The summed E-state index contributed by atoms with van der Waals surface area (Å²) in [7, 11) is 2.14. The van der Waals surface area contributed by atoms with Crippen LogP contribution in [0.1, 0.15) is 39.0 Å². The first kappa shape index (κ1) is 14.3. The lowest BCUT2D eigenvalue weighted by Gasteiger charge is -2.40. The van der Waals surface area contributed by atoms with Crippen molar-refractivity contribution in [1.82, 2.24) is 9.91 Å². The number of rotatable bonds is 2. The van der Waals surface area contributed by atoms with Crippen molar-refractivity contribution in [1.29, 1.82) is 0 Å². The Bertz CT molecular complexity index is 552. The summed E-state index contributed by atoms with van der Waals surface area (Å²) in [5, 5.41) is 6.36. The Morgan fingerprint density at radius 2 is 2.24 bits per heavy atom. The van der Waals surface area contributed by atoms with E-state index in [1.54, 1.807) is 11.3 Å². The van der Waals surface area contributed by atoms with Crippen LogP contribution in [0.25, 0.3) is 0 Å². The van der Waals surface area contributed by atoms with E-state index in [0.717, 1.165) is 18.0 Å². The van der Waals surface area contributed by atoms with Crippen molar-refractivity contribution in [3.8, 4) is 0 Å². The maximum Gasteiger partial charge on any atom is 0.243 e. The molecule has 4 atom stereocenters. The number of carbonyl (C=O) groups excluding carboxylic acids is 1. The van der Waals surface area contributed by atoms with Crippen LogP contribution in [-0.4, -0.2) is 41.2 Å². The van der Waals surface area contributed by atoms with Crippen molar-refractivity contribution in [3.63, 3.8) is 0 Å². The van der Waals surface area contributed by atoms with Gasteiger partial charge in [-0.3, -0.25) is 4.79 Å². The molecule has 3 rings (SSSR count). The Hall–Kier alpha value is -1.62. The zero-order valence-electron chi connectivity index (χ0n) is 13.1. The fraction of sp³-hybridized carbons (Fsp3) is 0.625. The quantitative estimate of drug-likeness (QED) is 0.840. The molecule has 5 heteroatoms. The minimum absolute atomic E-state index is 0.0559. The second kappa shape index (κ2) is 5.30. The highest BCUT2D eigenvalue weighted by molar-refractivity contribution is 5.94. The predicted molar refractivity (Wildman–Crippen MR) is 80.8 cm³/mol. The highest BCUT2D eigenvalue weighted by Crippen LogP contribution is 2.43. The highest BCUT2D eigenvalue weighted by atomic mass is 16.3. The minimum atomic E-state index is -0.109. The van der Waals surface area contributed by atoms with Gasteiger partial charge in [-0.2, -0.15) is 5.10 Å². The van der Waals surface area contributed by atoms with Crippen LogP contribution < -0.4 is 0 Å². The van der Waals surface area contributed by atoms with E-state index in [2.05, 4.69) is 25.8 Å². The molecule has 0 N–H and O–H groups in total. The van der Waals surface area contributed by atoms with Crippen molar-refractivity contribution in [2.24, 2.45) is 16.9 Å². The summed E-state index contributed by atoms with van der Waals surface area (Å²) in [5.74, 6) is 1.46. The van der Waals surface area contributed by atoms with Crippen molar-refractivity contribution in [3.05, 3.63) is 24.2 Å². The molecule has 2 aliphatic heterocycles. The van der Waals surface area contributed by atoms with E-state index in [1.165, 1.54) is 0 Å². The molecule has 5 nitrogen and oxygen atoms in total. The van der Waals surface area contributed by atoms with E-state index in [0.29, 0.717) is 18.4 Å². The van der Waals surface area contributed by atoms with Gasteiger partial charge in [0.2, 0.25) is 5.91 Å². The van der Waals surface area contributed by atoms with Gasteiger partial charge in [-0.25, -0.2) is 5.01 Å². The predicted octanol–water partition coefficient (Wildman–Crippen LogP) is 2.52. The summed E-state index contributed by atoms with van der Waals surface area (Å²) in [4.78, 5) is 14.7. The van der Waals surface area contributed by atoms with Gasteiger partial charge in [-0.05, 0) is 26.1 Å². The van der Waals surface area contributed by atoms with Gasteiger partial charge in [0, 0.05) is 36.6 Å². The molecule has 0 aliphatic carbocycles. The average Bonchev–Trinajstić information content (AvgIpc) is 3.10. The van der Waals surface area contributed by atoms with Crippen molar-refractivity contribution < 1.29 is 9.21 Å². The van der Waals surface area contributed by atoms with E-state index in [-0.39, 0.29) is 17.9 Å². The third-order valence-electron chi connectivity index (χ3n) is 4.84. The van der Waals surface area contributed by atoms with Gasteiger partial charge < -0.3 is 9.32 Å². The summed E-state index contributed by atoms with van der Waals surface area (Å²) in [6.45, 7) is 7.26. The Kier molecular flexibility index (Phi) is 3.61. The highest BCUT2D eigenvalue weighted by Gasteiger charge is 2.49. The van der Waals surface area contributed by atoms with Crippen LogP contribution in [0, 0.1) is 11.8 Å². The molecule has 1 fully saturated rings. The van der Waals surface area contributed by atoms with Gasteiger partial charge in [0.15, 0.2) is 0 Å². The van der Waals surface area contributed by atoms with Gasteiger partial charge in [0.25, 0.3) is 0 Å². The number of hydrogen-bond donors (Lipinski definition) is 0. The molecule has 1 saturated heterocycles. The molecule has 1 amide bonds. The molecule has 114 valence electrons. The maximum absolute atomic E-state index is 12.3. The topological polar surface area (TPSA) is 49.1 Å². The van der Waals surface area contributed by atoms with Crippen LogP contribution in [-0.2, 0) is 4.79 Å². The van der Waals surface area contributed by atoms with E-state index < -0.39 is 0 Å². The smallest absolute Gasteiger partial charge is 0.243 e. The van der Waals surface area contributed by atoms with Gasteiger partial charge in [0.1, 0.15) is 11.8 Å². The first-order valence-corrected chi connectivity index (χ1v) is 7.68. The number of piperidine rings is 1. The molecule has 2 aliphatic rings. The van der Waals surface area contributed by atoms with Crippen LogP contribution >= 0.6 is 0 Å². The van der Waals surface area contributed by atoms with E-state index in [9.17, 15) is 4.79 Å². The molecule has 0 bridgehead atoms. The summed E-state index contributed by atoms with van der Waals surface area (Å²) in [6, 6.07) is 4.06. The van der Waals surface area contributed by atoms with Gasteiger partial charge in [0.05, 0.1) is 6.26 Å². The van der Waals surface area contributed by atoms with Crippen LogP contribution in [0.5, 0.6) is 0 Å². The second-order valence-electron chi connectivity index (χ2n) is 6.18. The molecule has 0 spiro atoms. The first-order chi connectivity index (χ1) is 10.0. The van der Waals surface area contributed by atoms with E-state index >= 15 is 0 Å². The normalized spacial score (nSPS) is 33.0. The van der Waals surface area contributed by atoms with Crippen LogP contribution in [0.4, 0.5) is 0 Å². The molecule has 3 heterocycles. The van der Waals surface area contributed by atoms with E-state index in [1.807, 2.05) is 19.1 Å². The molecular formula is C16H23N3O2. The van der Waals surface area contributed by atoms with Gasteiger partial charge in [-0.1, -0.05) is 13.8 Å². The maximum atomic E-state index is 12.3. The number of nitrogens with zero attached hydrogens (tertiary/aromatic N) is 3. The third kappa shape index (κ3) is 2.20. The minimum Gasteiger partial charge on any atom is -0.467 e. The Morgan fingerprint density at radius 3 is 2.86 bits per heavy atom. The number of likely N-dealkylation sites (tertiary alicyclic amines) is 1. The lowest BCUT2D eigenvalue weighted by molar-refractivity contribution is -0.133. The monoisotopic (exact) mass is 289 g/mol. The van der Waals surface area contributed by atoms with Crippen LogP contribution in [0.15, 0.2) is 27.9 Å². The summed E-state index contributed by atoms with van der Waals surface area (Å²) in [6.07, 6.45) is 2.13. The molecule has 0 radical (unpaired) electrons. The average molecular weight is 289 g/mol. The lowest BCUT2D eigenvalue weighted by Crippen LogP contribution is -2.51. The molecule has 21 heavy (non-hydrogen) atoms. The number of hydrazone groups is 1. The molecular weight excluding hydrogens is 266 g/mol. The lowest BCUT2D eigenvalue weighted by atomic mass is 9.78. The third-order valence-corrected chi connectivity index (χ3v) is 4.84. The fourth-order valence-electron chi connectivity index (χ4n) is 3.60. The molecule has 1 aromatic rings.